The number of anilines is 1. The number of nitrogen functional groups attached to an aromatic ring is 1. The fourth-order valence-corrected chi connectivity index (χ4v) is 2.28. The van der Waals surface area contributed by atoms with E-state index in [9.17, 15) is 0 Å². The topological polar surface area (TPSA) is 53.1 Å². The van der Waals surface area contributed by atoms with E-state index in [1.54, 1.807) is 6.20 Å². The summed E-state index contributed by atoms with van der Waals surface area (Å²) < 4.78 is 7.65. The SMILES string of the molecule is Nc1cnn(CC2OCCc3ccccc32)c1. The van der Waals surface area contributed by atoms with Crippen molar-refractivity contribution in [2.45, 2.75) is 19.1 Å². The molecule has 2 N–H and O–H groups in total. The van der Waals surface area contributed by atoms with Gasteiger partial charge in [0.15, 0.2) is 0 Å². The second-order valence-corrected chi connectivity index (χ2v) is 4.30. The van der Waals surface area contributed by atoms with E-state index in [2.05, 4.69) is 29.4 Å². The van der Waals surface area contributed by atoms with Crippen LogP contribution in [0.5, 0.6) is 0 Å². The maximum absolute atomic E-state index is 5.82. The van der Waals surface area contributed by atoms with Gasteiger partial charge in [-0.15, -0.1) is 0 Å². The van der Waals surface area contributed by atoms with Crippen LogP contribution in [0.4, 0.5) is 5.69 Å². The zero-order valence-electron chi connectivity index (χ0n) is 9.54. The van der Waals surface area contributed by atoms with Gasteiger partial charge in [0, 0.05) is 6.20 Å². The van der Waals surface area contributed by atoms with Crippen molar-refractivity contribution in [2.75, 3.05) is 12.3 Å². The highest BCUT2D eigenvalue weighted by molar-refractivity contribution is 5.32. The fourth-order valence-electron chi connectivity index (χ4n) is 2.28. The van der Waals surface area contributed by atoms with Crippen molar-refractivity contribution in [3.63, 3.8) is 0 Å². The van der Waals surface area contributed by atoms with E-state index < -0.39 is 0 Å². The van der Waals surface area contributed by atoms with Gasteiger partial charge in [-0.2, -0.15) is 5.10 Å². The average molecular weight is 229 g/mol. The first kappa shape index (κ1) is 10.4. The zero-order valence-corrected chi connectivity index (χ0v) is 9.54. The molecule has 0 bridgehead atoms. The van der Waals surface area contributed by atoms with E-state index in [0.29, 0.717) is 12.2 Å². The van der Waals surface area contributed by atoms with Crippen LogP contribution in [0.3, 0.4) is 0 Å². The maximum Gasteiger partial charge on any atom is 0.102 e. The average Bonchev–Trinajstić information content (AvgIpc) is 2.75. The van der Waals surface area contributed by atoms with Gasteiger partial charge in [-0.3, -0.25) is 4.68 Å². The third-order valence-electron chi connectivity index (χ3n) is 3.10. The highest BCUT2D eigenvalue weighted by Gasteiger charge is 2.20. The molecule has 1 atom stereocenters. The predicted molar refractivity (Wildman–Crippen MR) is 65.5 cm³/mol. The van der Waals surface area contributed by atoms with Crippen LogP contribution in [-0.4, -0.2) is 16.4 Å². The van der Waals surface area contributed by atoms with E-state index in [1.807, 2.05) is 10.9 Å². The number of fused-ring (bicyclic) bond motifs is 1. The molecule has 0 saturated heterocycles. The minimum Gasteiger partial charge on any atom is -0.396 e. The number of ether oxygens (including phenoxy) is 1. The van der Waals surface area contributed by atoms with Crippen LogP contribution in [0.15, 0.2) is 36.7 Å². The lowest BCUT2D eigenvalue weighted by atomic mass is 9.98. The summed E-state index contributed by atoms with van der Waals surface area (Å²) in [6.45, 7) is 1.49. The Morgan fingerprint density at radius 3 is 3.12 bits per heavy atom. The fraction of sp³-hybridized carbons (Fsp3) is 0.308. The molecule has 4 heteroatoms. The zero-order chi connectivity index (χ0) is 11.7. The highest BCUT2D eigenvalue weighted by Crippen LogP contribution is 2.28. The number of nitrogens with two attached hydrogens (primary N) is 1. The molecule has 17 heavy (non-hydrogen) atoms. The van der Waals surface area contributed by atoms with Crippen LogP contribution in [0, 0.1) is 0 Å². The van der Waals surface area contributed by atoms with Gasteiger partial charge < -0.3 is 10.5 Å². The number of aromatic nitrogens is 2. The molecule has 0 fully saturated rings. The molecule has 0 radical (unpaired) electrons. The number of rotatable bonds is 2. The summed E-state index contributed by atoms with van der Waals surface area (Å²) in [5, 5.41) is 4.19. The number of nitrogens with zero attached hydrogens (tertiary/aromatic N) is 2. The molecule has 0 saturated carbocycles. The lowest BCUT2D eigenvalue weighted by Crippen LogP contribution is -2.20. The minimum atomic E-state index is 0.0826. The molecule has 3 rings (SSSR count). The Hall–Kier alpha value is -1.81. The molecule has 1 unspecified atom stereocenters. The van der Waals surface area contributed by atoms with E-state index in [4.69, 9.17) is 10.5 Å². The van der Waals surface area contributed by atoms with Gasteiger partial charge in [-0.1, -0.05) is 24.3 Å². The van der Waals surface area contributed by atoms with Crippen molar-refractivity contribution >= 4 is 5.69 Å². The Morgan fingerprint density at radius 2 is 2.29 bits per heavy atom. The monoisotopic (exact) mass is 229 g/mol. The molecular weight excluding hydrogens is 214 g/mol. The number of hydrogen-bond acceptors (Lipinski definition) is 3. The van der Waals surface area contributed by atoms with E-state index in [0.717, 1.165) is 13.0 Å². The van der Waals surface area contributed by atoms with Crippen LogP contribution in [0.25, 0.3) is 0 Å². The second-order valence-electron chi connectivity index (χ2n) is 4.30. The first-order valence-corrected chi connectivity index (χ1v) is 5.80. The number of benzene rings is 1. The maximum atomic E-state index is 5.82. The molecule has 88 valence electrons. The van der Waals surface area contributed by atoms with Crippen molar-refractivity contribution in [3.8, 4) is 0 Å². The van der Waals surface area contributed by atoms with Gasteiger partial charge in [0.2, 0.25) is 0 Å². The highest BCUT2D eigenvalue weighted by atomic mass is 16.5. The quantitative estimate of drug-likeness (QED) is 0.854. The molecule has 0 amide bonds. The van der Waals surface area contributed by atoms with Gasteiger partial charge in [0.05, 0.1) is 25.0 Å². The molecule has 2 aromatic rings. The van der Waals surface area contributed by atoms with Crippen molar-refractivity contribution in [2.24, 2.45) is 0 Å². The van der Waals surface area contributed by atoms with Gasteiger partial charge in [0.25, 0.3) is 0 Å². The van der Waals surface area contributed by atoms with Crippen LogP contribution < -0.4 is 5.73 Å². The molecule has 1 aromatic carbocycles. The van der Waals surface area contributed by atoms with Gasteiger partial charge >= 0.3 is 0 Å². The number of hydrogen-bond donors (Lipinski definition) is 1. The minimum absolute atomic E-state index is 0.0826. The molecule has 1 aliphatic rings. The lowest BCUT2D eigenvalue weighted by molar-refractivity contribution is 0.0283. The summed E-state index contributed by atoms with van der Waals surface area (Å²) >= 11 is 0. The van der Waals surface area contributed by atoms with Crippen LogP contribution in [0.2, 0.25) is 0 Å². The Labute approximate surface area is 100 Å². The third kappa shape index (κ3) is 2.03. The Balaban J connectivity index is 1.85. The van der Waals surface area contributed by atoms with Gasteiger partial charge in [0.1, 0.15) is 6.10 Å². The molecule has 2 heterocycles. The van der Waals surface area contributed by atoms with Crippen LogP contribution in [0.1, 0.15) is 17.2 Å². The molecule has 0 aliphatic carbocycles. The molecule has 1 aromatic heterocycles. The molecular formula is C13H15N3O. The standard InChI is InChI=1S/C13H15N3O/c14-11-7-15-16(8-11)9-13-12-4-2-1-3-10(12)5-6-17-13/h1-4,7-8,13H,5-6,9,14H2. The largest absolute Gasteiger partial charge is 0.396 e. The second kappa shape index (κ2) is 4.22. The predicted octanol–water partition coefficient (Wildman–Crippen LogP) is 1.78. The normalized spacial score (nSPS) is 18.9. The lowest BCUT2D eigenvalue weighted by Gasteiger charge is -2.25. The molecule has 0 spiro atoms. The van der Waals surface area contributed by atoms with Crippen molar-refractivity contribution in [1.29, 1.82) is 0 Å². The van der Waals surface area contributed by atoms with E-state index in [1.165, 1.54) is 11.1 Å². The summed E-state index contributed by atoms with van der Waals surface area (Å²) in [4.78, 5) is 0. The molecule has 1 aliphatic heterocycles. The van der Waals surface area contributed by atoms with Crippen molar-refractivity contribution in [3.05, 3.63) is 47.8 Å². The summed E-state index contributed by atoms with van der Waals surface area (Å²) in [7, 11) is 0. The summed E-state index contributed by atoms with van der Waals surface area (Å²) in [6.07, 6.45) is 4.57. The van der Waals surface area contributed by atoms with Crippen molar-refractivity contribution < 1.29 is 4.74 Å². The van der Waals surface area contributed by atoms with Crippen LogP contribution in [-0.2, 0) is 17.7 Å². The Bertz CT molecular complexity index is 521. The Morgan fingerprint density at radius 1 is 1.41 bits per heavy atom. The van der Waals surface area contributed by atoms with E-state index >= 15 is 0 Å². The first-order valence-electron chi connectivity index (χ1n) is 5.80. The third-order valence-corrected chi connectivity index (χ3v) is 3.10. The van der Waals surface area contributed by atoms with Gasteiger partial charge in [-0.25, -0.2) is 0 Å². The Kier molecular flexibility index (Phi) is 2.57. The smallest absolute Gasteiger partial charge is 0.102 e. The van der Waals surface area contributed by atoms with Crippen LogP contribution >= 0.6 is 0 Å². The summed E-state index contributed by atoms with van der Waals surface area (Å²) in [5.41, 5.74) is 8.99. The van der Waals surface area contributed by atoms with E-state index in [-0.39, 0.29) is 6.10 Å². The van der Waals surface area contributed by atoms with Crippen molar-refractivity contribution in [1.82, 2.24) is 9.78 Å². The molecule has 4 nitrogen and oxygen atoms in total. The summed E-state index contributed by atoms with van der Waals surface area (Å²) in [6, 6.07) is 8.43. The summed E-state index contributed by atoms with van der Waals surface area (Å²) in [5.74, 6) is 0. The first-order chi connectivity index (χ1) is 8.33. The van der Waals surface area contributed by atoms with Gasteiger partial charge in [-0.05, 0) is 17.5 Å².